The highest BCUT2D eigenvalue weighted by atomic mass is 16.5. The van der Waals surface area contributed by atoms with Gasteiger partial charge >= 0.3 is 5.69 Å². The summed E-state index contributed by atoms with van der Waals surface area (Å²) in [6.07, 6.45) is -1.03. The van der Waals surface area contributed by atoms with E-state index in [2.05, 4.69) is 5.32 Å². The Morgan fingerprint density at radius 1 is 1.03 bits per heavy atom. The number of nitrogens with zero attached hydrogens (tertiary/aromatic N) is 2. The molecule has 0 spiro atoms. The molecule has 1 aromatic heterocycles. The highest BCUT2D eigenvalue weighted by molar-refractivity contribution is 5.81. The smallest absolute Gasteiger partial charge is 0.331 e. The van der Waals surface area contributed by atoms with Crippen LogP contribution in [0.3, 0.4) is 0 Å². The summed E-state index contributed by atoms with van der Waals surface area (Å²) >= 11 is 0. The van der Waals surface area contributed by atoms with Crippen LogP contribution in [0.25, 0.3) is 10.9 Å². The first-order valence-corrected chi connectivity index (χ1v) is 10.4. The number of carbonyl (C=O) groups is 1. The number of aliphatic hydroxyl groups excluding tert-OH is 1. The molecular formula is C23H27N3O7. The summed E-state index contributed by atoms with van der Waals surface area (Å²) in [6.45, 7) is 1.35. The van der Waals surface area contributed by atoms with Crippen LogP contribution >= 0.6 is 0 Å². The lowest BCUT2D eigenvalue weighted by atomic mass is 10.2. The second-order valence-electron chi connectivity index (χ2n) is 7.20. The van der Waals surface area contributed by atoms with Gasteiger partial charge in [-0.15, -0.1) is 0 Å². The first kappa shape index (κ1) is 23.9. The van der Waals surface area contributed by atoms with Crippen molar-refractivity contribution in [2.45, 2.75) is 26.1 Å². The van der Waals surface area contributed by atoms with Crippen LogP contribution < -0.4 is 30.8 Å². The summed E-state index contributed by atoms with van der Waals surface area (Å²) < 4.78 is 18.5. The minimum absolute atomic E-state index is 0.101. The third-order valence-electron chi connectivity index (χ3n) is 5.09. The second kappa shape index (κ2) is 10.7. The third-order valence-corrected chi connectivity index (χ3v) is 5.09. The topological polar surface area (TPSA) is 121 Å². The van der Waals surface area contributed by atoms with Gasteiger partial charge in [0, 0.05) is 13.1 Å². The Kier molecular flexibility index (Phi) is 7.73. The molecule has 0 aliphatic heterocycles. The van der Waals surface area contributed by atoms with Crippen molar-refractivity contribution in [1.29, 1.82) is 0 Å². The average molecular weight is 457 g/mol. The highest BCUT2D eigenvalue weighted by Crippen LogP contribution is 2.36. The molecule has 2 N–H and O–H groups in total. The number of rotatable bonds is 10. The second-order valence-corrected chi connectivity index (χ2v) is 7.20. The van der Waals surface area contributed by atoms with Gasteiger partial charge in [0.05, 0.1) is 25.1 Å². The minimum atomic E-state index is -1.03. The fraction of sp³-hybridized carbons (Fsp3) is 0.348. The van der Waals surface area contributed by atoms with Crippen molar-refractivity contribution in [3.05, 3.63) is 63.3 Å². The Bertz CT molecular complexity index is 1230. The predicted molar refractivity (Wildman–Crippen MR) is 122 cm³/mol. The number of fused-ring (bicyclic) bond motifs is 1. The first-order valence-electron chi connectivity index (χ1n) is 10.4. The number of ether oxygens (including phenoxy) is 3. The Labute approximate surface area is 189 Å². The van der Waals surface area contributed by atoms with Crippen molar-refractivity contribution in [3.8, 4) is 17.2 Å². The quantitative estimate of drug-likeness (QED) is 0.461. The van der Waals surface area contributed by atoms with Crippen molar-refractivity contribution in [2.75, 3.05) is 27.4 Å². The van der Waals surface area contributed by atoms with E-state index in [-0.39, 0.29) is 26.2 Å². The zero-order valence-corrected chi connectivity index (χ0v) is 18.7. The van der Waals surface area contributed by atoms with Gasteiger partial charge < -0.3 is 24.6 Å². The third kappa shape index (κ3) is 5.17. The Hall–Kier alpha value is -3.79. The normalized spacial score (nSPS) is 11.8. The van der Waals surface area contributed by atoms with Gasteiger partial charge in [0.1, 0.15) is 19.3 Å². The molecule has 3 rings (SSSR count). The molecule has 2 aromatic carbocycles. The van der Waals surface area contributed by atoms with E-state index in [0.717, 1.165) is 4.57 Å². The number of amides is 1. The number of para-hydroxylation sites is 2. The Balaban J connectivity index is 1.67. The predicted octanol–water partition coefficient (Wildman–Crippen LogP) is 0.756. The van der Waals surface area contributed by atoms with Gasteiger partial charge in [0.15, 0.2) is 11.5 Å². The molecule has 1 amide bonds. The largest absolute Gasteiger partial charge is 0.493 e. The SMILES string of the molecule is CCn1c(=O)c2ccccc2n(CC(=O)NCC(O)COc2c(OC)cccc2OC)c1=O. The lowest BCUT2D eigenvalue weighted by Gasteiger charge is -2.17. The van der Waals surface area contributed by atoms with Crippen LogP contribution in [0.2, 0.25) is 0 Å². The van der Waals surface area contributed by atoms with Gasteiger partial charge in [-0.3, -0.25) is 18.7 Å². The Morgan fingerprint density at radius 2 is 1.70 bits per heavy atom. The zero-order valence-electron chi connectivity index (χ0n) is 18.7. The molecule has 1 atom stereocenters. The number of aromatic nitrogens is 2. The molecule has 0 saturated carbocycles. The van der Waals surface area contributed by atoms with Gasteiger partial charge in [0.25, 0.3) is 5.56 Å². The van der Waals surface area contributed by atoms with Gasteiger partial charge in [0.2, 0.25) is 11.7 Å². The maximum atomic E-state index is 12.7. The molecule has 0 fully saturated rings. The zero-order chi connectivity index (χ0) is 24.0. The van der Waals surface area contributed by atoms with Crippen LogP contribution in [-0.2, 0) is 17.9 Å². The number of nitrogens with one attached hydrogen (secondary N) is 1. The van der Waals surface area contributed by atoms with E-state index < -0.39 is 23.3 Å². The number of hydrogen-bond donors (Lipinski definition) is 2. The fourth-order valence-electron chi connectivity index (χ4n) is 3.43. The lowest BCUT2D eigenvalue weighted by molar-refractivity contribution is -0.122. The maximum Gasteiger partial charge on any atom is 0.331 e. The van der Waals surface area contributed by atoms with Crippen molar-refractivity contribution < 1.29 is 24.1 Å². The summed E-state index contributed by atoms with van der Waals surface area (Å²) in [5.41, 5.74) is -0.586. The molecule has 0 aliphatic carbocycles. The summed E-state index contributed by atoms with van der Waals surface area (Å²) in [5, 5.41) is 13.2. The lowest BCUT2D eigenvalue weighted by Crippen LogP contribution is -2.43. The van der Waals surface area contributed by atoms with Crippen molar-refractivity contribution in [2.24, 2.45) is 0 Å². The summed E-state index contributed by atoms with van der Waals surface area (Å²) in [5.74, 6) is 0.746. The molecule has 0 radical (unpaired) electrons. The van der Waals surface area contributed by atoms with E-state index >= 15 is 0 Å². The standard InChI is InChI=1S/C23H27N3O7/c1-4-25-22(29)16-8-5-6-9-17(16)26(23(25)30)13-20(28)24-12-15(27)14-33-21-18(31-2)10-7-11-19(21)32-3/h5-11,15,27H,4,12-14H2,1-3H3,(H,24,28). The molecule has 0 saturated heterocycles. The molecule has 0 bridgehead atoms. The number of aliphatic hydroxyl groups is 1. The van der Waals surface area contributed by atoms with Crippen LogP contribution in [0.5, 0.6) is 17.2 Å². The Morgan fingerprint density at radius 3 is 2.33 bits per heavy atom. The van der Waals surface area contributed by atoms with Crippen LogP contribution in [0, 0.1) is 0 Å². The number of benzene rings is 2. The maximum absolute atomic E-state index is 12.7. The monoisotopic (exact) mass is 457 g/mol. The van der Waals surface area contributed by atoms with Crippen LogP contribution in [0.4, 0.5) is 0 Å². The molecular weight excluding hydrogens is 430 g/mol. The van der Waals surface area contributed by atoms with Crippen LogP contribution in [0.1, 0.15) is 6.92 Å². The van der Waals surface area contributed by atoms with Crippen molar-refractivity contribution in [3.63, 3.8) is 0 Å². The number of methoxy groups -OCH3 is 2. The molecule has 176 valence electrons. The molecule has 1 heterocycles. The average Bonchev–Trinajstić information content (AvgIpc) is 2.84. The molecule has 1 unspecified atom stereocenters. The minimum Gasteiger partial charge on any atom is -0.493 e. The van der Waals surface area contributed by atoms with E-state index in [1.807, 2.05) is 0 Å². The van der Waals surface area contributed by atoms with E-state index in [0.29, 0.717) is 28.2 Å². The summed E-state index contributed by atoms with van der Waals surface area (Å²) in [7, 11) is 2.98. The van der Waals surface area contributed by atoms with Crippen molar-refractivity contribution >= 4 is 16.8 Å². The molecule has 0 aliphatic rings. The van der Waals surface area contributed by atoms with Gasteiger partial charge in [-0.2, -0.15) is 0 Å². The number of hydrogen-bond acceptors (Lipinski definition) is 7. The highest BCUT2D eigenvalue weighted by Gasteiger charge is 2.17. The van der Waals surface area contributed by atoms with Gasteiger partial charge in [-0.1, -0.05) is 18.2 Å². The molecule has 10 heteroatoms. The first-order chi connectivity index (χ1) is 15.9. The van der Waals surface area contributed by atoms with E-state index in [9.17, 15) is 19.5 Å². The van der Waals surface area contributed by atoms with Gasteiger partial charge in [-0.05, 0) is 31.2 Å². The van der Waals surface area contributed by atoms with Crippen LogP contribution in [-0.4, -0.2) is 53.6 Å². The molecule has 10 nitrogen and oxygen atoms in total. The molecule has 3 aromatic rings. The van der Waals surface area contributed by atoms with E-state index in [1.165, 1.54) is 18.8 Å². The summed E-state index contributed by atoms with van der Waals surface area (Å²) in [6, 6.07) is 11.8. The van der Waals surface area contributed by atoms with E-state index in [1.54, 1.807) is 49.4 Å². The summed E-state index contributed by atoms with van der Waals surface area (Å²) in [4.78, 5) is 37.8. The van der Waals surface area contributed by atoms with Gasteiger partial charge in [-0.25, -0.2) is 4.79 Å². The van der Waals surface area contributed by atoms with Crippen molar-refractivity contribution in [1.82, 2.24) is 14.5 Å². The fourth-order valence-corrected chi connectivity index (χ4v) is 3.43. The number of carbonyl (C=O) groups excluding carboxylic acids is 1. The molecule has 33 heavy (non-hydrogen) atoms. The van der Waals surface area contributed by atoms with E-state index in [4.69, 9.17) is 14.2 Å². The van der Waals surface area contributed by atoms with Crippen LogP contribution in [0.15, 0.2) is 52.1 Å².